The first kappa shape index (κ1) is 14.9. The van der Waals surface area contributed by atoms with Gasteiger partial charge in [-0.3, -0.25) is 4.99 Å². The Morgan fingerprint density at radius 2 is 2.05 bits per heavy atom. The van der Waals surface area contributed by atoms with Crippen LogP contribution in [-0.4, -0.2) is 18.3 Å². The van der Waals surface area contributed by atoms with E-state index < -0.39 is 0 Å². The lowest BCUT2D eigenvalue weighted by atomic mass is 10.3. The molecule has 114 valence electrons. The lowest BCUT2D eigenvalue weighted by molar-refractivity contribution is 0.486. The van der Waals surface area contributed by atoms with E-state index in [1.165, 1.54) is 0 Å². The largest absolute Gasteiger partial charge is 0.464 e. The van der Waals surface area contributed by atoms with E-state index in [1.807, 2.05) is 19.1 Å². The van der Waals surface area contributed by atoms with Crippen molar-refractivity contribution >= 4 is 40.7 Å². The topological polar surface area (TPSA) is 61.9 Å². The summed E-state index contributed by atoms with van der Waals surface area (Å²) in [5.74, 6) is 3.11. The maximum atomic E-state index is 5.96. The van der Waals surface area contributed by atoms with Crippen molar-refractivity contribution in [3.63, 3.8) is 0 Å². The fraction of sp³-hybridized carbons (Fsp3) is 0.200. The summed E-state index contributed by atoms with van der Waals surface area (Å²) < 4.78 is 5.47. The van der Waals surface area contributed by atoms with E-state index in [0.29, 0.717) is 29.1 Å². The van der Waals surface area contributed by atoms with Gasteiger partial charge in [-0.05, 0) is 37.3 Å². The van der Waals surface area contributed by atoms with Crippen molar-refractivity contribution in [2.45, 2.75) is 13.5 Å². The van der Waals surface area contributed by atoms with Crippen LogP contribution in [0.5, 0.6) is 0 Å². The highest BCUT2D eigenvalue weighted by Gasteiger charge is 2.12. The van der Waals surface area contributed by atoms with Gasteiger partial charge < -0.3 is 15.1 Å². The average molecular weight is 337 g/mol. The van der Waals surface area contributed by atoms with E-state index >= 15 is 0 Å². The Morgan fingerprint density at radius 1 is 1.27 bits per heavy atom. The zero-order valence-corrected chi connectivity index (χ0v) is 13.4. The number of aliphatic imine (C=N–C) groups is 2. The molecule has 5 nitrogen and oxygen atoms in total. The van der Waals surface area contributed by atoms with Gasteiger partial charge in [0.05, 0.1) is 6.54 Å². The van der Waals surface area contributed by atoms with Gasteiger partial charge in [0.2, 0.25) is 5.96 Å². The molecule has 1 aromatic carbocycles. The van der Waals surface area contributed by atoms with Crippen LogP contribution >= 0.6 is 23.2 Å². The normalized spacial score (nSPS) is 15.8. The number of hydrogen-bond acceptors (Lipinski definition) is 4. The van der Waals surface area contributed by atoms with Crippen LogP contribution in [0.15, 0.2) is 44.7 Å². The highest BCUT2D eigenvalue weighted by Crippen LogP contribution is 2.22. The number of benzene rings is 1. The summed E-state index contributed by atoms with van der Waals surface area (Å²) in [7, 11) is 0. The van der Waals surface area contributed by atoms with Crippen molar-refractivity contribution < 1.29 is 4.42 Å². The van der Waals surface area contributed by atoms with Crippen LogP contribution in [0.1, 0.15) is 11.5 Å². The quantitative estimate of drug-likeness (QED) is 0.894. The van der Waals surface area contributed by atoms with Gasteiger partial charge in [-0.1, -0.05) is 23.2 Å². The van der Waals surface area contributed by atoms with Crippen LogP contribution in [-0.2, 0) is 6.54 Å². The Labute approximate surface area is 138 Å². The maximum absolute atomic E-state index is 5.96. The Bertz CT molecular complexity index is 732. The van der Waals surface area contributed by atoms with Gasteiger partial charge >= 0.3 is 0 Å². The Hall–Kier alpha value is -1.98. The predicted molar refractivity (Wildman–Crippen MR) is 90.1 cm³/mol. The molecular formula is C15H14Cl2N4O. The van der Waals surface area contributed by atoms with Crippen molar-refractivity contribution in [2.24, 2.45) is 9.98 Å². The number of anilines is 1. The number of halogens is 2. The Kier molecular flexibility index (Phi) is 4.36. The first-order valence-corrected chi connectivity index (χ1v) is 7.47. The molecule has 0 atom stereocenters. The molecule has 0 saturated carbocycles. The van der Waals surface area contributed by atoms with E-state index in [-0.39, 0.29) is 0 Å². The van der Waals surface area contributed by atoms with Crippen LogP contribution in [0.4, 0.5) is 5.69 Å². The fourth-order valence-electron chi connectivity index (χ4n) is 2.04. The molecule has 0 bridgehead atoms. The molecule has 2 heterocycles. The first-order chi connectivity index (χ1) is 10.6. The zero-order valence-electron chi connectivity index (χ0n) is 11.9. The smallest absolute Gasteiger partial charge is 0.201 e. The SMILES string of the molecule is Cc1ccc(CN=C2CN=C(Nc3cc(Cl)cc(Cl)c3)N2)o1. The molecule has 0 amide bonds. The van der Waals surface area contributed by atoms with Crippen LogP contribution in [0, 0.1) is 6.92 Å². The summed E-state index contributed by atoms with van der Waals surface area (Å²) >= 11 is 11.9. The minimum absolute atomic E-state index is 0.488. The number of aryl methyl sites for hydroxylation is 1. The van der Waals surface area contributed by atoms with Crippen molar-refractivity contribution in [1.82, 2.24) is 5.32 Å². The molecule has 0 aliphatic carbocycles. The summed E-state index contributed by atoms with van der Waals surface area (Å²) in [6.07, 6.45) is 0. The first-order valence-electron chi connectivity index (χ1n) is 6.72. The molecule has 0 saturated heterocycles. The Morgan fingerprint density at radius 3 is 2.73 bits per heavy atom. The molecule has 1 aliphatic heterocycles. The second-order valence-corrected chi connectivity index (χ2v) is 5.72. The van der Waals surface area contributed by atoms with E-state index in [2.05, 4.69) is 20.6 Å². The summed E-state index contributed by atoms with van der Waals surface area (Å²) in [5.41, 5.74) is 0.770. The molecule has 0 radical (unpaired) electrons. The fourth-order valence-corrected chi connectivity index (χ4v) is 2.56. The molecule has 3 rings (SSSR count). The molecule has 2 aromatic rings. The molecule has 0 unspecified atom stereocenters. The van der Waals surface area contributed by atoms with Crippen LogP contribution in [0.2, 0.25) is 10.0 Å². The summed E-state index contributed by atoms with van der Waals surface area (Å²) in [6, 6.07) is 9.07. The molecule has 7 heteroatoms. The molecule has 2 N–H and O–H groups in total. The second kappa shape index (κ2) is 6.42. The maximum Gasteiger partial charge on any atom is 0.201 e. The van der Waals surface area contributed by atoms with Gasteiger partial charge in [-0.25, -0.2) is 4.99 Å². The number of nitrogens with one attached hydrogen (secondary N) is 2. The highest BCUT2D eigenvalue weighted by atomic mass is 35.5. The molecule has 0 fully saturated rings. The second-order valence-electron chi connectivity index (χ2n) is 4.85. The third-order valence-electron chi connectivity index (χ3n) is 3.00. The molecular weight excluding hydrogens is 323 g/mol. The molecule has 1 aliphatic rings. The lowest BCUT2D eigenvalue weighted by Crippen LogP contribution is -2.30. The van der Waals surface area contributed by atoms with Gasteiger partial charge in [-0.2, -0.15) is 0 Å². The van der Waals surface area contributed by atoms with Crippen molar-refractivity contribution in [3.8, 4) is 0 Å². The van der Waals surface area contributed by atoms with Crippen molar-refractivity contribution in [3.05, 3.63) is 51.9 Å². The number of nitrogens with zero attached hydrogens (tertiary/aromatic N) is 2. The zero-order chi connectivity index (χ0) is 15.5. The number of hydrogen-bond donors (Lipinski definition) is 2. The van der Waals surface area contributed by atoms with Gasteiger partial charge in [0.25, 0.3) is 0 Å². The van der Waals surface area contributed by atoms with Gasteiger partial charge in [0.1, 0.15) is 23.9 Å². The summed E-state index contributed by atoms with van der Waals surface area (Å²) in [5, 5.41) is 7.37. The van der Waals surface area contributed by atoms with E-state index in [4.69, 9.17) is 27.6 Å². The van der Waals surface area contributed by atoms with Gasteiger partial charge in [-0.15, -0.1) is 0 Å². The van der Waals surface area contributed by atoms with E-state index in [9.17, 15) is 0 Å². The van der Waals surface area contributed by atoms with Crippen molar-refractivity contribution in [2.75, 3.05) is 11.9 Å². The Balaban J connectivity index is 1.59. The number of furan rings is 1. The van der Waals surface area contributed by atoms with Crippen LogP contribution < -0.4 is 10.6 Å². The predicted octanol–water partition coefficient (Wildman–Crippen LogP) is 3.86. The average Bonchev–Trinajstić information content (AvgIpc) is 3.04. The molecule has 0 spiro atoms. The number of guanidine groups is 1. The molecule has 1 aromatic heterocycles. The van der Waals surface area contributed by atoms with Crippen LogP contribution in [0.25, 0.3) is 0 Å². The highest BCUT2D eigenvalue weighted by molar-refractivity contribution is 6.35. The number of rotatable bonds is 3. The van der Waals surface area contributed by atoms with Gasteiger partial charge in [0, 0.05) is 15.7 Å². The monoisotopic (exact) mass is 336 g/mol. The minimum atomic E-state index is 0.488. The minimum Gasteiger partial charge on any atom is -0.464 e. The number of amidine groups is 1. The third-order valence-corrected chi connectivity index (χ3v) is 3.43. The van der Waals surface area contributed by atoms with Gasteiger partial charge in [0.15, 0.2) is 0 Å². The van der Waals surface area contributed by atoms with Crippen LogP contribution in [0.3, 0.4) is 0 Å². The third kappa shape index (κ3) is 3.81. The van der Waals surface area contributed by atoms with Crippen molar-refractivity contribution in [1.29, 1.82) is 0 Å². The van der Waals surface area contributed by atoms with E-state index in [1.54, 1.807) is 18.2 Å². The standard InChI is InChI=1S/C15H14Cl2N4O/c1-9-2-3-13(22-9)7-18-14-8-19-15(21-14)20-12-5-10(16)4-11(17)6-12/h2-6H,7-8H2,1H3,(H2,18,19,20,21). The summed E-state index contributed by atoms with van der Waals surface area (Å²) in [4.78, 5) is 8.77. The summed E-state index contributed by atoms with van der Waals surface area (Å²) in [6.45, 7) is 2.89. The van der Waals surface area contributed by atoms with E-state index in [0.717, 1.165) is 23.0 Å². The lowest BCUT2D eigenvalue weighted by Gasteiger charge is -2.07. The molecule has 22 heavy (non-hydrogen) atoms.